The predicted molar refractivity (Wildman–Crippen MR) is 113 cm³/mol. The lowest BCUT2D eigenvalue weighted by Crippen LogP contribution is -2.49. The van der Waals surface area contributed by atoms with Crippen LogP contribution in [0.3, 0.4) is 0 Å². The molecule has 2 amide bonds. The zero-order valence-electron chi connectivity index (χ0n) is 17.6. The Morgan fingerprint density at radius 1 is 0.821 bits per heavy atom. The molecule has 0 radical (unpaired) electrons. The van der Waals surface area contributed by atoms with Gasteiger partial charge in [0.05, 0.1) is 0 Å². The van der Waals surface area contributed by atoms with Crippen LogP contribution < -0.4 is 16.4 Å². The molecule has 3 saturated carbocycles. The summed E-state index contributed by atoms with van der Waals surface area (Å²) in [4.78, 5) is 25.1. The Balaban J connectivity index is 1.36. The van der Waals surface area contributed by atoms with Crippen LogP contribution in [-0.4, -0.2) is 30.4 Å². The molecule has 0 aromatic rings. The van der Waals surface area contributed by atoms with E-state index >= 15 is 0 Å². The molecule has 160 valence electrons. The van der Waals surface area contributed by atoms with E-state index in [1.165, 1.54) is 64.2 Å². The Kier molecular flexibility index (Phi) is 8.63. The van der Waals surface area contributed by atoms with Crippen LogP contribution in [0.5, 0.6) is 0 Å². The Morgan fingerprint density at radius 3 is 2.04 bits per heavy atom. The Hall–Kier alpha value is -1.10. The highest BCUT2D eigenvalue weighted by Crippen LogP contribution is 2.29. The van der Waals surface area contributed by atoms with Crippen molar-refractivity contribution >= 4 is 11.8 Å². The molecular formula is C23H41N3O2. The van der Waals surface area contributed by atoms with Crippen molar-refractivity contribution in [2.45, 2.75) is 108 Å². The summed E-state index contributed by atoms with van der Waals surface area (Å²) in [5, 5.41) is 6.50. The van der Waals surface area contributed by atoms with Gasteiger partial charge in [-0.1, -0.05) is 38.5 Å². The topological polar surface area (TPSA) is 84.2 Å². The summed E-state index contributed by atoms with van der Waals surface area (Å²) < 4.78 is 0. The second-order valence-corrected chi connectivity index (χ2v) is 9.57. The smallest absolute Gasteiger partial charge is 0.223 e. The predicted octanol–water partition coefficient (Wildman–Crippen LogP) is 3.66. The van der Waals surface area contributed by atoms with Gasteiger partial charge in [-0.25, -0.2) is 0 Å². The molecule has 4 N–H and O–H groups in total. The van der Waals surface area contributed by atoms with Crippen LogP contribution in [-0.2, 0) is 9.59 Å². The van der Waals surface area contributed by atoms with Gasteiger partial charge in [-0.05, 0) is 63.2 Å². The lowest BCUT2D eigenvalue weighted by atomic mass is 9.82. The number of nitrogens with two attached hydrogens (primary N) is 1. The number of nitrogens with one attached hydrogen (secondary N) is 2. The van der Waals surface area contributed by atoms with Gasteiger partial charge in [0.25, 0.3) is 0 Å². The number of carbonyl (C=O) groups excluding carboxylic acids is 2. The first-order valence-electron chi connectivity index (χ1n) is 12.0. The maximum absolute atomic E-state index is 12.7. The molecule has 0 spiro atoms. The monoisotopic (exact) mass is 391 g/mol. The van der Waals surface area contributed by atoms with Crippen molar-refractivity contribution in [3.63, 3.8) is 0 Å². The molecule has 3 aliphatic carbocycles. The normalized spacial score (nSPS) is 28.5. The van der Waals surface area contributed by atoms with Crippen molar-refractivity contribution in [3.8, 4) is 0 Å². The molecule has 1 unspecified atom stereocenters. The van der Waals surface area contributed by atoms with Gasteiger partial charge in [-0.2, -0.15) is 0 Å². The summed E-state index contributed by atoms with van der Waals surface area (Å²) >= 11 is 0. The van der Waals surface area contributed by atoms with Gasteiger partial charge in [0, 0.05) is 31.0 Å². The van der Waals surface area contributed by atoms with Crippen molar-refractivity contribution in [2.24, 2.45) is 23.5 Å². The fourth-order valence-electron chi connectivity index (χ4n) is 5.65. The van der Waals surface area contributed by atoms with Crippen LogP contribution in [0.2, 0.25) is 0 Å². The molecule has 28 heavy (non-hydrogen) atoms. The maximum Gasteiger partial charge on any atom is 0.223 e. The molecule has 0 aromatic carbocycles. The van der Waals surface area contributed by atoms with Crippen molar-refractivity contribution in [2.75, 3.05) is 6.54 Å². The fraction of sp³-hybridized carbons (Fsp3) is 0.913. The van der Waals surface area contributed by atoms with Crippen LogP contribution in [0.15, 0.2) is 0 Å². The summed E-state index contributed by atoms with van der Waals surface area (Å²) in [7, 11) is 0. The molecule has 0 saturated heterocycles. The average Bonchev–Trinajstić information content (AvgIpc) is 2.73. The molecular weight excluding hydrogens is 350 g/mol. The summed E-state index contributed by atoms with van der Waals surface area (Å²) in [5.41, 5.74) is 5.97. The first kappa shape index (κ1) is 21.6. The maximum atomic E-state index is 12.7. The van der Waals surface area contributed by atoms with E-state index in [9.17, 15) is 9.59 Å². The zero-order valence-corrected chi connectivity index (χ0v) is 17.6. The average molecular weight is 392 g/mol. The molecule has 5 heteroatoms. The van der Waals surface area contributed by atoms with E-state index in [-0.39, 0.29) is 29.8 Å². The van der Waals surface area contributed by atoms with Crippen molar-refractivity contribution in [1.29, 1.82) is 0 Å². The number of amides is 2. The van der Waals surface area contributed by atoms with Gasteiger partial charge in [-0.3, -0.25) is 9.59 Å². The SMILES string of the molecule is NCC(NC(=O)C1CCC(NC(=O)CC2CCCCC2)CC1)C1CCCCC1. The van der Waals surface area contributed by atoms with Crippen molar-refractivity contribution in [3.05, 3.63) is 0 Å². The number of rotatable bonds is 7. The summed E-state index contributed by atoms with van der Waals surface area (Å²) in [6, 6.07) is 0.393. The van der Waals surface area contributed by atoms with Crippen LogP contribution in [0.1, 0.15) is 96.3 Å². The molecule has 1 atom stereocenters. The first-order valence-corrected chi connectivity index (χ1v) is 12.0. The van der Waals surface area contributed by atoms with E-state index < -0.39 is 0 Å². The molecule has 3 rings (SSSR count). The zero-order chi connectivity index (χ0) is 19.8. The third-order valence-corrected chi connectivity index (χ3v) is 7.46. The number of hydrogen-bond donors (Lipinski definition) is 3. The number of hydrogen-bond acceptors (Lipinski definition) is 3. The van der Waals surface area contributed by atoms with Gasteiger partial charge in [0.2, 0.25) is 11.8 Å². The van der Waals surface area contributed by atoms with E-state index in [2.05, 4.69) is 10.6 Å². The van der Waals surface area contributed by atoms with Crippen molar-refractivity contribution in [1.82, 2.24) is 10.6 Å². The molecule has 0 bridgehead atoms. The minimum absolute atomic E-state index is 0.0872. The van der Waals surface area contributed by atoms with Crippen LogP contribution >= 0.6 is 0 Å². The standard InChI is InChI=1S/C23H41N3O2/c24-16-21(18-9-5-2-6-10-18)26-23(28)19-11-13-20(14-12-19)25-22(27)15-17-7-3-1-4-8-17/h17-21H,1-16,24H2,(H,25,27)(H,26,28). The lowest BCUT2D eigenvalue weighted by molar-refractivity contribution is -0.127. The van der Waals surface area contributed by atoms with Crippen molar-refractivity contribution < 1.29 is 9.59 Å². The molecule has 0 aromatic heterocycles. The van der Waals surface area contributed by atoms with Gasteiger partial charge in [0.15, 0.2) is 0 Å². The molecule has 3 fully saturated rings. The highest BCUT2D eigenvalue weighted by Gasteiger charge is 2.30. The Morgan fingerprint density at radius 2 is 1.43 bits per heavy atom. The van der Waals surface area contributed by atoms with E-state index in [1.54, 1.807) is 0 Å². The lowest BCUT2D eigenvalue weighted by Gasteiger charge is -2.33. The van der Waals surface area contributed by atoms with E-state index in [1.807, 2.05) is 0 Å². The largest absolute Gasteiger partial charge is 0.353 e. The van der Waals surface area contributed by atoms with Gasteiger partial charge in [-0.15, -0.1) is 0 Å². The van der Waals surface area contributed by atoms with E-state index in [0.717, 1.165) is 25.7 Å². The first-order chi connectivity index (χ1) is 13.7. The van der Waals surface area contributed by atoms with Crippen LogP contribution in [0.25, 0.3) is 0 Å². The minimum atomic E-state index is 0.0872. The second kappa shape index (κ2) is 11.2. The summed E-state index contributed by atoms with van der Waals surface area (Å²) in [6.07, 6.45) is 16.9. The van der Waals surface area contributed by atoms with Gasteiger partial charge >= 0.3 is 0 Å². The van der Waals surface area contributed by atoms with Gasteiger partial charge in [0.1, 0.15) is 0 Å². The quantitative estimate of drug-likeness (QED) is 0.619. The molecule has 0 aliphatic heterocycles. The van der Waals surface area contributed by atoms with Gasteiger partial charge < -0.3 is 16.4 Å². The highest BCUT2D eigenvalue weighted by molar-refractivity contribution is 5.79. The van der Waals surface area contributed by atoms with Crippen LogP contribution in [0.4, 0.5) is 0 Å². The number of carbonyl (C=O) groups is 2. The van der Waals surface area contributed by atoms with E-state index in [0.29, 0.717) is 24.8 Å². The van der Waals surface area contributed by atoms with Crippen LogP contribution in [0, 0.1) is 17.8 Å². The highest BCUT2D eigenvalue weighted by atomic mass is 16.2. The summed E-state index contributed by atoms with van der Waals surface area (Å²) in [5.74, 6) is 1.64. The molecule has 0 heterocycles. The Bertz CT molecular complexity index is 490. The fourth-order valence-corrected chi connectivity index (χ4v) is 5.65. The molecule has 5 nitrogen and oxygen atoms in total. The molecule has 3 aliphatic rings. The third-order valence-electron chi connectivity index (χ3n) is 7.46. The summed E-state index contributed by atoms with van der Waals surface area (Å²) in [6.45, 7) is 0.545. The third kappa shape index (κ3) is 6.47. The Labute approximate surface area is 171 Å². The minimum Gasteiger partial charge on any atom is -0.353 e. The second-order valence-electron chi connectivity index (χ2n) is 9.57. The van der Waals surface area contributed by atoms with E-state index in [4.69, 9.17) is 5.73 Å².